The summed E-state index contributed by atoms with van der Waals surface area (Å²) >= 11 is 0.896. The average molecular weight is 267 g/mol. The molecule has 0 unspecified atom stereocenters. The van der Waals surface area contributed by atoms with Crippen molar-refractivity contribution in [1.29, 1.82) is 0 Å². The summed E-state index contributed by atoms with van der Waals surface area (Å²) in [4.78, 5) is 14.5. The minimum absolute atomic E-state index is 0.0535. The van der Waals surface area contributed by atoms with Gasteiger partial charge in [0.15, 0.2) is 5.69 Å². The molecule has 0 aliphatic carbocycles. The van der Waals surface area contributed by atoms with Crippen molar-refractivity contribution in [2.24, 2.45) is 0 Å². The van der Waals surface area contributed by atoms with Gasteiger partial charge in [0.05, 0.1) is 6.61 Å². The maximum Gasteiger partial charge on any atom is 0.435 e. The van der Waals surface area contributed by atoms with Crippen LogP contribution >= 0.6 is 11.8 Å². The Balaban J connectivity index is 3.25. The van der Waals surface area contributed by atoms with E-state index in [0.29, 0.717) is 0 Å². The number of nitrogens with zero attached hydrogens (tertiary/aromatic N) is 3. The first kappa shape index (κ1) is 13.7. The third-order valence-corrected chi connectivity index (χ3v) is 2.13. The van der Waals surface area contributed by atoms with E-state index in [4.69, 9.17) is 0 Å². The van der Waals surface area contributed by atoms with E-state index in [1.807, 2.05) is 0 Å². The second-order valence-electron chi connectivity index (χ2n) is 2.71. The van der Waals surface area contributed by atoms with Crippen molar-refractivity contribution >= 4 is 17.7 Å². The number of esters is 1. The second kappa shape index (κ2) is 5.30. The predicted octanol–water partition coefficient (Wildman–Crippen LogP) is 1.79. The topological polar surface area (TPSA) is 65.0 Å². The number of alkyl halides is 3. The van der Waals surface area contributed by atoms with E-state index in [-0.39, 0.29) is 11.8 Å². The molecule has 0 aliphatic heterocycles. The molecule has 0 radical (unpaired) electrons. The molecule has 0 aromatic carbocycles. The number of hydrogen-bond donors (Lipinski definition) is 0. The van der Waals surface area contributed by atoms with Gasteiger partial charge in [0.1, 0.15) is 0 Å². The third-order valence-electron chi connectivity index (χ3n) is 1.59. The largest absolute Gasteiger partial charge is 0.461 e. The molecular formula is C8H8F3N3O2S. The van der Waals surface area contributed by atoms with Crippen molar-refractivity contribution in [2.75, 3.05) is 12.9 Å². The van der Waals surface area contributed by atoms with E-state index in [9.17, 15) is 18.0 Å². The molecule has 1 rings (SSSR count). The van der Waals surface area contributed by atoms with Crippen LogP contribution < -0.4 is 0 Å². The minimum atomic E-state index is -4.78. The van der Waals surface area contributed by atoms with Gasteiger partial charge in [-0.2, -0.15) is 13.2 Å². The Kier molecular flexibility index (Phi) is 4.27. The lowest BCUT2D eigenvalue weighted by molar-refractivity contribution is -0.142. The Bertz CT molecular complexity index is 425. The van der Waals surface area contributed by atoms with Crippen LogP contribution in [0.5, 0.6) is 0 Å². The second-order valence-corrected chi connectivity index (χ2v) is 3.49. The number of carbonyl (C=O) groups excluding carboxylic acids is 1. The number of ether oxygens (including phenoxy) is 1. The van der Waals surface area contributed by atoms with Crippen molar-refractivity contribution in [3.05, 3.63) is 11.4 Å². The Hall–Kier alpha value is -1.38. The molecule has 94 valence electrons. The van der Waals surface area contributed by atoms with Crippen molar-refractivity contribution in [1.82, 2.24) is 15.2 Å². The third kappa shape index (κ3) is 3.29. The molecule has 1 aromatic rings. The van der Waals surface area contributed by atoms with Crippen LogP contribution in [-0.2, 0) is 10.9 Å². The van der Waals surface area contributed by atoms with Crippen LogP contribution in [0.3, 0.4) is 0 Å². The Morgan fingerprint density at radius 1 is 1.41 bits per heavy atom. The van der Waals surface area contributed by atoms with Gasteiger partial charge in [0.25, 0.3) is 0 Å². The number of halogens is 3. The zero-order valence-electron chi connectivity index (χ0n) is 8.91. The monoisotopic (exact) mass is 267 g/mol. The number of aromatic nitrogens is 3. The summed E-state index contributed by atoms with van der Waals surface area (Å²) < 4.78 is 42.3. The first-order chi connectivity index (χ1) is 7.90. The number of thioether (sulfide) groups is 1. The minimum Gasteiger partial charge on any atom is -0.461 e. The zero-order chi connectivity index (χ0) is 13.1. The lowest BCUT2D eigenvalue weighted by Gasteiger charge is -2.09. The van der Waals surface area contributed by atoms with Crippen molar-refractivity contribution in [2.45, 2.75) is 18.3 Å². The molecule has 0 fully saturated rings. The highest BCUT2D eigenvalue weighted by molar-refractivity contribution is 7.98. The van der Waals surface area contributed by atoms with Crippen molar-refractivity contribution in [3.63, 3.8) is 0 Å². The fourth-order valence-corrected chi connectivity index (χ4v) is 1.24. The molecule has 0 saturated carbocycles. The molecule has 5 nitrogen and oxygen atoms in total. The fourth-order valence-electron chi connectivity index (χ4n) is 0.932. The van der Waals surface area contributed by atoms with Crippen molar-refractivity contribution in [3.8, 4) is 0 Å². The Morgan fingerprint density at radius 2 is 2.06 bits per heavy atom. The smallest absolute Gasteiger partial charge is 0.435 e. The normalized spacial score (nSPS) is 11.4. The van der Waals surface area contributed by atoms with Crippen LogP contribution in [0.15, 0.2) is 5.16 Å². The van der Waals surface area contributed by atoms with Crippen LogP contribution in [0, 0.1) is 0 Å². The summed E-state index contributed by atoms with van der Waals surface area (Å²) in [5.74, 6) is -1.19. The van der Waals surface area contributed by atoms with Crippen LogP contribution in [0.2, 0.25) is 0 Å². The van der Waals surface area contributed by atoms with Gasteiger partial charge in [0, 0.05) is 0 Å². The van der Waals surface area contributed by atoms with Crippen LogP contribution in [0.1, 0.15) is 23.1 Å². The van der Waals surface area contributed by atoms with E-state index in [1.54, 1.807) is 0 Å². The first-order valence-corrected chi connectivity index (χ1v) is 5.65. The maximum absolute atomic E-state index is 12.6. The molecule has 0 spiro atoms. The average Bonchev–Trinajstić information content (AvgIpc) is 2.27. The van der Waals surface area contributed by atoms with Gasteiger partial charge in [-0.3, -0.25) is 0 Å². The quantitative estimate of drug-likeness (QED) is 0.614. The van der Waals surface area contributed by atoms with Crippen LogP contribution in [-0.4, -0.2) is 34.0 Å². The highest BCUT2D eigenvalue weighted by Crippen LogP contribution is 2.30. The van der Waals surface area contributed by atoms with Crippen LogP contribution in [0.25, 0.3) is 0 Å². The summed E-state index contributed by atoms with van der Waals surface area (Å²) in [6, 6.07) is 0. The Morgan fingerprint density at radius 3 is 2.53 bits per heavy atom. The first-order valence-electron chi connectivity index (χ1n) is 4.43. The Labute approximate surface area is 98.8 Å². The summed E-state index contributed by atoms with van der Waals surface area (Å²) in [5, 5.41) is 6.42. The molecule has 0 aliphatic rings. The fraction of sp³-hybridized carbons (Fsp3) is 0.500. The van der Waals surface area contributed by atoms with E-state index in [2.05, 4.69) is 19.9 Å². The molecule has 0 bridgehead atoms. The maximum atomic E-state index is 12.6. The molecule has 0 saturated heterocycles. The van der Waals surface area contributed by atoms with E-state index in [0.717, 1.165) is 11.8 Å². The summed E-state index contributed by atoms with van der Waals surface area (Å²) in [5.41, 5.74) is -2.30. The molecule has 1 aromatic heterocycles. The van der Waals surface area contributed by atoms with E-state index >= 15 is 0 Å². The van der Waals surface area contributed by atoms with Gasteiger partial charge in [-0.05, 0) is 13.2 Å². The van der Waals surface area contributed by atoms with Gasteiger partial charge in [-0.25, -0.2) is 9.78 Å². The van der Waals surface area contributed by atoms with Gasteiger partial charge in [-0.1, -0.05) is 11.8 Å². The highest BCUT2D eigenvalue weighted by Gasteiger charge is 2.39. The van der Waals surface area contributed by atoms with Gasteiger partial charge >= 0.3 is 12.1 Å². The summed E-state index contributed by atoms with van der Waals surface area (Å²) in [6.45, 7) is 1.42. The molecular weight excluding hydrogens is 259 g/mol. The molecule has 9 heteroatoms. The lowest BCUT2D eigenvalue weighted by atomic mass is 10.3. The molecule has 0 atom stereocenters. The molecule has 0 N–H and O–H groups in total. The number of hydrogen-bond acceptors (Lipinski definition) is 6. The molecule has 1 heterocycles. The van der Waals surface area contributed by atoms with Crippen molar-refractivity contribution < 1.29 is 22.7 Å². The van der Waals surface area contributed by atoms with Crippen LogP contribution in [0.4, 0.5) is 13.2 Å². The standard InChI is InChI=1S/C8H8F3N3O2S/c1-3-16-6(15)4-5(8(9,10)11)12-7(17-2)14-13-4/h3H2,1-2H3. The van der Waals surface area contributed by atoms with E-state index < -0.39 is 23.5 Å². The molecule has 0 amide bonds. The van der Waals surface area contributed by atoms with Gasteiger partial charge in [-0.15, -0.1) is 10.2 Å². The van der Waals surface area contributed by atoms with Gasteiger partial charge < -0.3 is 4.74 Å². The predicted molar refractivity (Wildman–Crippen MR) is 52.6 cm³/mol. The van der Waals surface area contributed by atoms with E-state index in [1.165, 1.54) is 13.2 Å². The SMILES string of the molecule is CCOC(=O)c1nnc(SC)nc1C(F)(F)F. The molecule has 17 heavy (non-hydrogen) atoms. The highest BCUT2D eigenvalue weighted by atomic mass is 32.2. The van der Waals surface area contributed by atoms with Gasteiger partial charge in [0.2, 0.25) is 10.9 Å². The zero-order valence-corrected chi connectivity index (χ0v) is 9.72. The summed E-state index contributed by atoms with van der Waals surface area (Å²) in [6.07, 6.45) is -3.27. The number of carbonyl (C=O) groups is 1. The lowest BCUT2D eigenvalue weighted by Crippen LogP contribution is -2.20. The number of rotatable bonds is 3. The summed E-state index contributed by atoms with van der Waals surface area (Å²) in [7, 11) is 0.